The second-order valence-corrected chi connectivity index (χ2v) is 4.14. The van der Waals surface area contributed by atoms with Crippen LogP contribution in [0.15, 0.2) is 0 Å². The van der Waals surface area contributed by atoms with E-state index in [1.54, 1.807) is 0 Å². The van der Waals surface area contributed by atoms with Crippen LogP contribution in [0, 0.1) is 5.41 Å². The molecule has 78 valence electrons. The van der Waals surface area contributed by atoms with Crippen molar-refractivity contribution in [3.63, 3.8) is 0 Å². The summed E-state index contributed by atoms with van der Waals surface area (Å²) in [5.74, 6) is 0.937. The van der Waals surface area contributed by atoms with Crippen LogP contribution in [0.3, 0.4) is 0 Å². The molecule has 0 unspecified atom stereocenters. The van der Waals surface area contributed by atoms with Crippen molar-refractivity contribution in [2.75, 3.05) is 7.05 Å². The predicted octanol–water partition coefficient (Wildman–Crippen LogP) is 0.583. The van der Waals surface area contributed by atoms with Crippen LogP contribution in [-0.2, 0) is 13.1 Å². The number of aromatic nitrogens is 4. The van der Waals surface area contributed by atoms with Crippen LogP contribution in [0.4, 0.5) is 0 Å². The molecule has 5 nitrogen and oxygen atoms in total. The maximum Gasteiger partial charge on any atom is 0.165 e. The summed E-state index contributed by atoms with van der Waals surface area (Å²) in [6, 6.07) is 0. The summed E-state index contributed by atoms with van der Waals surface area (Å²) in [7, 11) is 1.91. The molecule has 1 aliphatic carbocycles. The predicted molar refractivity (Wildman–Crippen MR) is 52.5 cm³/mol. The zero-order valence-electron chi connectivity index (χ0n) is 8.82. The van der Waals surface area contributed by atoms with E-state index in [0.717, 1.165) is 18.9 Å². The topological polar surface area (TPSA) is 55.6 Å². The molecule has 2 rings (SSSR count). The first kappa shape index (κ1) is 9.58. The van der Waals surface area contributed by atoms with Crippen molar-refractivity contribution in [2.24, 2.45) is 5.41 Å². The van der Waals surface area contributed by atoms with E-state index in [1.807, 2.05) is 11.7 Å². The highest BCUT2D eigenvalue weighted by Crippen LogP contribution is 2.49. The maximum absolute atomic E-state index is 4.02. The third kappa shape index (κ3) is 1.77. The largest absolute Gasteiger partial charge is 0.313 e. The van der Waals surface area contributed by atoms with E-state index in [1.165, 1.54) is 19.3 Å². The summed E-state index contributed by atoms with van der Waals surface area (Å²) in [5.41, 5.74) is 0.498. The van der Waals surface area contributed by atoms with Gasteiger partial charge in [-0.1, -0.05) is 6.92 Å². The number of hydrogen-bond donors (Lipinski definition) is 1. The van der Waals surface area contributed by atoms with Gasteiger partial charge < -0.3 is 5.32 Å². The monoisotopic (exact) mass is 195 g/mol. The van der Waals surface area contributed by atoms with Crippen LogP contribution in [0.1, 0.15) is 32.0 Å². The lowest BCUT2D eigenvalue weighted by Crippen LogP contribution is -2.18. The number of hydrogen-bond acceptors (Lipinski definition) is 4. The highest BCUT2D eigenvalue weighted by Gasteiger charge is 2.41. The molecule has 0 spiro atoms. The van der Waals surface area contributed by atoms with Crippen molar-refractivity contribution in [3.05, 3.63) is 5.82 Å². The SMILES string of the molecule is CCC1(Cn2nnnc2CNC)CC1. The number of nitrogens with one attached hydrogen (secondary N) is 1. The Hall–Kier alpha value is -0.970. The molecule has 1 N–H and O–H groups in total. The summed E-state index contributed by atoms with van der Waals surface area (Å²) < 4.78 is 1.94. The minimum absolute atomic E-state index is 0.498. The molecule has 0 atom stereocenters. The molecule has 14 heavy (non-hydrogen) atoms. The normalized spacial score (nSPS) is 18.4. The summed E-state index contributed by atoms with van der Waals surface area (Å²) in [4.78, 5) is 0. The zero-order valence-corrected chi connectivity index (χ0v) is 8.82. The molecule has 0 bridgehead atoms. The van der Waals surface area contributed by atoms with Gasteiger partial charge in [0.2, 0.25) is 0 Å². The van der Waals surface area contributed by atoms with Crippen LogP contribution in [0.2, 0.25) is 0 Å². The smallest absolute Gasteiger partial charge is 0.165 e. The minimum atomic E-state index is 0.498. The van der Waals surface area contributed by atoms with E-state index in [4.69, 9.17) is 0 Å². The van der Waals surface area contributed by atoms with E-state index in [0.29, 0.717) is 5.41 Å². The van der Waals surface area contributed by atoms with Crippen molar-refractivity contribution >= 4 is 0 Å². The molecule has 1 heterocycles. The van der Waals surface area contributed by atoms with E-state index < -0.39 is 0 Å². The van der Waals surface area contributed by atoms with Crippen LogP contribution in [-0.4, -0.2) is 27.3 Å². The van der Waals surface area contributed by atoms with Crippen LogP contribution < -0.4 is 5.32 Å². The van der Waals surface area contributed by atoms with Crippen LogP contribution in [0.5, 0.6) is 0 Å². The van der Waals surface area contributed by atoms with Crippen LogP contribution in [0.25, 0.3) is 0 Å². The second kappa shape index (κ2) is 3.65. The average Bonchev–Trinajstić information content (AvgIpc) is 2.84. The highest BCUT2D eigenvalue weighted by molar-refractivity contribution is 4.93. The van der Waals surface area contributed by atoms with Gasteiger partial charge in [0.05, 0.1) is 13.1 Å². The fraction of sp³-hybridized carbons (Fsp3) is 0.889. The quantitative estimate of drug-likeness (QED) is 0.747. The van der Waals surface area contributed by atoms with E-state index in [-0.39, 0.29) is 0 Å². The Morgan fingerprint density at radius 2 is 2.29 bits per heavy atom. The van der Waals surface area contributed by atoms with Gasteiger partial charge in [0, 0.05) is 0 Å². The zero-order chi connectivity index (χ0) is 10.0. The summed E-state index contributed by atoms with van der Waals surface area (Å²) in [5, 5.41) is 14.8. The Bertz CT molecular complexity index is 302. The summed E-state index contributed by atoms with van der Waals surface area (Å²) in [6.07, 6.45) is 3.87. The van der Waals surface area contributed by atoms with Gasteiger partial charge in [-0.05, 0) is 42.2 Å². The van der Waals surface area contributed by atoms with Crippen molar-refractivity contribution in [1.82, 2.24) is 25.5 Å². The molecule has 1 fully saturated rings. The molecular weight excluding hydrogens is 178 g/mol. The van der Waals surface area contributed by atoms with Gasteiger partial charge in [0.1, 0.15) is 0 Å². The molecule has 5 heteroatoms. The highest BCUT2D eigenvalue weighted by atomic mass is 15.5. The Morgan fingerprint density at radius 1 is 1.50 bits per heavy atom. The Balaban J connectivity index is 2.05. The fourth-order valence-electron chi connectivity index (χ4n) is 1.75. The van der Waals surface area contributed by atoms with Gasteiger partial charge in [0.15, 0.2) is 5.82 Å². The lowest BCUT2D eigenvalue weighted by Gasteiger charge is -2.12. The molecule has 0 radical (unpaired) electrons. The molecule has 1 aromatic heterocycles. The third-order valence-corrected chi connectivity index (χ3v) is 3.13. The molecule has 1 aliphatic rings. The Morgan fingerprint density at radius 3 is 2.86 bits per heavy atom. The number of rotatable bonds is 5. The second-order valence-electron chi connectivity index (χ2n) is 4.14. The minimum Gasteiger partial charge on any atom is -0.313 e. The molecule has 0 amide bonds. The molecular formula is C9H17N5. The lowest BCUT2D eigenvalue weighted by atomic mass is 10.0. The van der Waals surface area contributed by atoms with E-state index in [2.05, 4.69) is 27.8 Å². The molecule has 0 saturated heterocycles. The maximum atomic E-state index is 4.02. The first-order chi connectivity index (χ1) is 6.79. The molecule has 1 aromatic rings. The third-order valence-electron chi connectivity index (χ3n) is 3.13. The Kier molecular flexibility index (Phi) is 2.50. The number of nitrogens with zero attached hydrogens (tertiary/aromatic N) is 4. The Labute approximate surface area is 83.9 Å². The molecule has 0 aliphatic heterocycles. The number of tetrazole rings is 1. The van der Waals surface area contributed by atoms with Gasteiger partial charge in [-0.15, -0.1) is 5.10 Å². The fourth-order valence-corrected chi connectivity index (χ4v) is 1.75. The van der Waals surface area contributed by atoms with Crippen molar-refractivity contribution < 1.29 is 0 Å². The first-order valence-electron chi connectivity index (χ1n) is 5.19. The summed E-state index contributed by atoms with van der Waals surface area (Å²) in [6.45, 7) is 3.97. The average molecular weight is 195 g/mol. The van der Waals surface area contributed by atoms with Gasteiger partial charge in [-0.2, -0.15) is 0 Å². The molecule has 0 aromatic carbocycles. The van der Waals surface area contributed by atoms with E-state index >= 15 is 0 Å². The lowest BCUT2D eigenvalue weighted by molar-refractivity contribution is 0.370. The van der Waals surface area contributed by atoms with Crippen molar-refractivity contribution in [2.45, 2.75) is 39.3 Å². The molecule has 1 saturated carbocycles. The van der Waals surface area contributed by atoms with Crippen LogP contribution >= 0.6 is 0 Å². The summed E-state index contributed by atoms with van der Waals surface area (Å²) >= 11 is 0. The van der Waals surface area contributed by atoms with E-state index in [9.17, 15) is 0 Å². The van der Waals surface area contributed by atoms with Gasteiger partial charge in [0.25, 0.3) is 0 Å². The van der Waals surface area contributed by atoms with Crippen molar-refractivity contribution in [1.29, 1.82) is 0 Å². The first-order valence-corrected chi connectivity index (χ1v) is 5.19. The van der Waals surface area contributed by atoms with Gasteiger partial charge in [-0.3, -0.25) is 0 Å². The standard InChI is InChI=1S/C9H17N5/c1-3-9(4-5-9)7-14-8(6-10-2)11-12-13-14/h10H,3-7H2,1-2H3. The van der Waals surface area contributed by atoms with Crippen molar-refractivity contribution in [3.8, 4) is 0 Å². The van der Waals surface area contributed by atoms with Gasteiger partial charge >= 0.3 is 0 Å². The van der Waals surface area contributed by atoms with Gasteiger partial charge in [-0.25, -0.2) is 4.68 Å².